The van der Waals surface area contributed by atoms with Crippen molar-refractivity contribution >= 4 is 46.5 Å². The first-order valence-electron chi connectivity index (χ1n) is 8.84. The number of thiophene rings is 1. The number of aromatic carboxylic acids is 1. The number of nitriles is 2. The molecule has 1 amide bonds. The highest BCUT2D eigenvalue weighted by molar-refractivity contribution is 8.00. The van der Waals surface area contributed by atoms with Gasteiger partial charge in [-0.25, -0.2) is 9.78 Å². The van der Waals surface area contributed by atoms with Crippen LogP contribution in [-0.4, -0.2) is 27.2 Å². The van der Waals surface area contributed by atoms with Crippen LogP contribution in [0.15, 0.2) is 46.8 Å². The number of pyridine rings is 1. The number of nitrogens with two attached hydrogens (primary N) is 1. The second-order valence-corrected chi connectivity index (χ2v) is 8.54. The van der Waals surface area contributed by atoms with Crippen LogP contribution in [0.1, 0.15) is 28.4 Å². The molecular weight excluding hydrogens is 434 g/mol. The Morgan fingerprint density at radius 3 is 2.58 bits per heavy atom. The summed E-state index contributed by atoms with van der Waals surface area (Å²) < 4.78 is 0. The lowest BCUT2D eigenvalue weighted by atomic mass is 10.0. The van der Waals surface area contributed by atoms with Gasteiger partial charge in [-0.2, -0.15) is 10.5 Å². The Bertz CT molecular complexity index is 1240. The van der Waals surface area contributed by atoms with Crippen molar-refractivity contribution in [3.05, 3.63) is 58.5 Å². The summed E-state index contributed by atoms with van der Waals surface area (Å²) in [6.45, 7) is 1.63. The minimum absolute atomic E-state index is 0.0193. The van der Waals surface area contributed by atoms with Gasteiger partial charge in [0, 0.05) is 16.1 Å². The predicted octanol–water partition coefficient (Wildman–Crippen LogP) is 3.95. The Morgan fingerprint density at radius 1 is 1.23 bits per heavy atom. The van der Waals surface area contributed by atoms with Crippen LogP contribution in [0.5, 0.6) is 0 Å². The van der Waals surface area contributed by atoms with Gasteiger partial charge >= 0.3 is 5.97 Å². The van der Waals surface area contributed by atoms with Gasteiger partial charge in [-0.1, -0.05) is 23.9 Å². The number of nitrogens with one attached hydrogen (secondary N) is 1. The molecular formula is C21H15N5O3S2. The molecule has 154 valence electrons. The van der Waals surface area contributed by atoms with Gasteiger partial charge in [0.1, 0.15) is 28.5 Å². The van der Waals surface area contributed by atoms with E-state index in [0.717, 1.165) is 11.8 Å². The monoisotopic (exact) mass is 449 g/mol. The molecule has 0 bridgehead atoms. The van der Waals surface area contributed by atoms with E-state index in [1.807, 2.05) is 11.4 Å². The summed E-state index contributed by atoms with van der Waals surface area (Å²) in [4.78, 5) is 28.7. The molecule has 0 aliphatic rings. The molecule has 1 aromatic carbocycles. The van der Waals surface area contributed by atoms with Crippen LogP contribution < -0.4 is 11.1 Å². The number of carboxylic acid groups (broad SMARTS) is 1. The summed E-state index contributed by atoms with van der Waals surface area (Å²) >= 11 is 2.39. The molecule has 0 aliphatic heterocycles. The molecule has 3 aromatic rings. The van der Waals surface area contributed by atoms with E-state index in [1.54, 1.807) is 25.1 Å². The van der Waals surface area contributed by atoms with E-state index in [4.69, 9.17) is 10.8 Å². The molecule has 1 atom stereocenters. The van der Waals surface area contributed by atoms with Gasteiger partial charge in [-0.3, -0.25) is 4.79 Å². The summed E-state index contributed by atoms with van der Waals surface area (Å²) in [5, 5.41) is 32.4. The van der Waals surface area contributed by atoms with Crippen LogP contribution in [0.3, 0.4) is 0 Å². The molecule has 0 fully saturated rings. The number of hydrogen-bond acceptors (Lipinski definition) is 8. The average Bonchev–Trinajstić information content (AvgIpc) is 3.28. The van der Waals surface area contributed by atoms with Crippen molar-refractivity contribution in [3.8, 4) is 22.6 Å². The third-order valence-corrected chi connectivity index (χ3v) is 6.19. The Kier molecular flexibility index (Phi) is 6.55. The van der Waals surface area contributed by atoms with E-state index in [9.17, 15) is 20.1 Å². The largest absolute Gasteiger partial charge is 0.478 e. The maximum absolute atomic E-state index is 12.6. The molecule has 4 N–H and O–H groups in total. The maximum atomic E-state index is 12.6. The Hall–Kier alpha value is -3.86. The van der Waals surface area contributed by atoms with Gasteiger partial charge in [-0.15, -0.1) is 11.3 Å². The number of benzene rings is 1. The van der Waals surface area contributed by atoms with E-state index >= 15 is 0 Å². The molecule has 2 heterocycles. The Morgan fingerprint density at radius 2 is 1.97 bits per heavy atom. The number of nitrogen functional groups attached to an aromatic ring is 1. The number of aromatic nitrogens is 1. The van der Waals surface area contributed by atoms with Crippen LogP contribution >= 0.6 is 23.1 Å². The van der Waals surface area contributed by atoms with Gasteiger partial charge < -0.3 is 16.2 Å². The summed E-state index contributed by atoms with van der Waals surface area (Å²) in [6.07, 6.45) is 0. The first kappa shape index (κ1) is 21.8. The van der Waals surface area contributed by atoms with Gasteiger partial charge in [0.05, 0.1) is 16.4 Å². The molecule has 10 heteroatoms. The van der Waals surface area contributed by atoms with Crippen molar-refractivity contribution in [1.29, 1.82) is 10.5 Å². The Balaban J connectivity index is 1.91. The summed E-state index contributed by atoms with van der Waals surface area (Å²) in [6, 6.07) is 13.6. The summed E-state index contributed by atoms with van der Waals surface area (Å²) in [7, 11) is 0. The highest BCUT2D eigenvalue weighted by Gasteiger charge is 2.24. The number of amides is 1. The fourth-order valence-electron chi connectivity index (χ4n) is 2.75. The zero-order valence-electron chi connectivity index (χ0n) is 16.1. The van der Waals surface area contributed by atoms with Crippen molar-refractivity contribution in [2.45, 2.75) is 17.2 Å². The number of carboxylic acids is 1. The standard InChI is InChI=1S/C21H15N5O3S2/c1-11(19(27)25-13-5-2-4-12(8-13)21(28)29)31-20-15(10-23)17(16-6-3-7-30-16)14(9-22)18(24)26-20/h2-8,11H,1H3,(H2,24,26)(H,25,27)(H,28,29). The molecule has 0 aliphatic carbocycles. The smallest absolute Gasteiger partial charge is 0.335 e. The molecule has 31 heavy (non-hydrogen) atoms. The van der Waals surface area contributed by atoms with Gasteiger partial charge in [0.2, 0.25) is 5.91 Å². The van der Waals surface area contributed by atoms with Crippen LogP contribution in [0.4, 0.5) is 11.5 Å². The van der Waals surface area contributed by atoms with E-state index in [2.05, 4.69) is 16.4 Å². The van der Waals surface area contributed by atoms with Crippen LogP contribution in [0.25, 0.3) is 10.4 Å². The summed E-state index contributed by atoms with van der Waals surface area (Å²) in [5.74, 6) is -1.52. The normalized spacial score (nSPS) is 11.2. The number of hydrogen-bond donors (Lipinski definition) is 3. The number of thioether (sulfide) groups is 1. The van der Waals surface area contributed by atoms with Gasteiger partial charge in [-0.05, 0) is 36.6 Å². The minimum Gasteiger partial charge on any atom is -0.478 e. The Labute approximate surface area is 186 Å². The third kappa shape index (κ3) is 4.67. The number of carbonyl (C=O) groups excluding carboxylic acids is 1. The maximum Gasteiger partial charge on any atom is 0.335 e. The van der Waals surface area contributed by atoms with Crippen LogP contribution in [0.2, 0.25) is 0 Å². The number of rotatable bonds is 6. The number of nitrogens with zero attached hydrogens (tertiary/aromatic N) is 3. The van der Waals surface area contributed by atoms with E-state index in [1.165, 1.54) is 29.5 Å². The van der Waals surface area contributed by atoms with Crippen LogP contribution in [0, 0.1) is 22.7 Å². The average molecular weight is 450 g/mol. The summed E-state index contributed by atoms with van der Waals surface area (Å²) in [5.41, 5.74) is 7.05. The fourth-order valence-corrected chi connectivity index (χ4v) is 4.45. The highest BCUT2D eigenvalue weighted by Crippen LogP contribution is 2.38. The predicted molar refractivity (Wildman–Crippen MR) is 119 cm³/mol. The molecule has 0 saturated carbocycles. The third-order valence-electron chi connectivity index (χ3n) is 4.22. The molecule has 2 aromatic heterocycles. The molecule has 1 unspecified atom stereocenters. The van der Waals surface area contributed by atoms with E-state index in [-0.39, 0.29) is 27.5 Å². The van der Waals surface area contributed by atoms with Crippen molar-refractivity contribution in [2.75, 3.05) is 11.1 Å². The SMILES string of the molecule is CC(Sc1nc(N)c(C#N)c(-c2cccs2)c1C#N)C(=O)Nc1cccc(C(=O)O)c1. The molecule has 3 rings (SSSR count). The zero-order chi connectivity index (χ0) is 22.5. The molecule has 8 nitrogen and oxygen atoms in total. The number of carbonyl (C=O) groups is 2. The number of anilines is 2. The molecule has 0 radical (unpaired) electrons. The molecule has 0 saturated heterocycles. The first-order valence-corrected chi connectivity index (χ1v) is 10.6. The lowest BCUT2D eigenvalue weighted by Crippen LogP contribution is -2.23. The fraction of sp³-hybridized carbons (Fsp3) is 0.0952. The lowest BCUT2D eigenvalue weighted by Gasteiger charge is -2.15. The van der Waals surface area contributed by atoms with E-state index in [0.29, 0.717) is 16.1 Å². The van der Waals surface area contributed by atoms with Crippen molar-refractivity contribution in [2.24, 2.45) is 0 Å². The van der Waals surface area contributed by atoms with E-state index < -0.39 is 17.1 Å². The van der Waals surface area contributed by atoms with Gasteiger partial charge in [0.15, 0.2) is 0 Å². The molecule has 0 spiro atoms. The first-order chi connectivity index (χ1) is 14.8. The van der Waals surface area contributed by atoms with Crippen molar-refractivity contribution in [1.82, 2.24) is 4.98 Å². The second-order valence-electron chi connectivity index (χ2n) is 6.26. The minimum atomic E-state index is -1.10. The highest BCUT2D eigenvalue weighted by atomic mass is 32.2. The van der Waals surface area contributed by atoms with Crippen LogP contribution in [-0.2, 0) is 4.79 Å². The second kappa shape index (κ2) is 9.30. The zero-order valence-corrected chi connectivity index (χ0v) is 17.8. The van der Waals surface area contributed by atoms with Crippen molar-refractivity contribution < 1.29 is 14.7 Å². The van der Waals surface area contributed by atoms with Gasteiger partial charge in [0.25, 0.3) is 0 Å². The topological polar surface area (TPSA) is 153 Å². The quantitative estimate of drug-likeness (QED) is 0.478. The van der Waals surface area contributed by atoms with Crippen molar-refractivity contribution in [3.63, 3.8) is 0 Å². The lowest BCUT2D eigenvalue weighted by molar-refractivity contribution is -0.115.